The Balaban J connectivity index is 0.00000304. The maximum Gasteiger partial charge on any atom is 2.00 e. The topological polar surface area (TPSA) is 24.7 Å². The molecule has 4 bridgehead atoms. The fraction of sp³-hybridized carbons (Fsp3) is 0.273. The van der Waals surface area contributed by atoms with Crippen LogP contribution in [0.5, 0.6) is 0 Å². The number of hydrogen-bond donors (Lipinski definition) is 0. The van der Waals surface area contributed by atoms with Crippen LogP contribution >= 0.6 is 0 Å². The number of aliphatic imine (C=N–C) groups is 2. The predicted molar refractivity (Wildman–Crippen MR) is 149 cm³/mol. The quantitative estimate of drug-likeness (QED) is 0.171. The van der Waals surface area contributed by atoms with E-state index in [2.05, 4.69) is 102 Å². The van der Waals surface area contributed by atoms with Crippen molar-refractivity contribution < 1.29 is 21.1 Å². The van der Waals surface area contributed by atoms with E-state index in [-0.39, 0.29) is 37.3 Å². The van der Waals surface area contributed by atoms with Crippen molar-refractivity contribution in [3.8, 4) is 0 Å². The Kier molecular flexibility index (Phi) is 6.97. The number of benzene rings is 4. The van der Waals surface area contributed by atoms with Gasteiger partial charge in [-0.2, -0.15) is 53.1 Å². The number of para-hydroxylation sites is 2. The summed E-state index contributed by atoms with van der Waals surface area (Å²) in [5, 5.41) is 2.42. The molecule has 1 aliphatic heterocycles. The van der Waals surface area contributed by atoms with E-state index in [1.807, 2.05) is 36.7 Å². The van der Waals surface area contributed by atoms with Gasteiger partial charge in [0.2, 0.25) is 0 Å². The molecule has 2 nitrogen and oxygen atoms in total. The first-order chi connectivity index (χ1) is 16.6. The standard InChI is InChI=1S/C33H32N2.Pt/c1-31(2)21-34-29-16-9-10-17-30(29)35-22-32(3,4)28-20-26(18-23-12-7-8-15-27(23)28)33(5,6)25-14-11-13-24(31)19-25;/h7-18,21-22H,1-6H3;/q-2;+2. The van der Waals surface area contributed by atoms with Crippen LogP contribution in [0.3, 0.4) is 0 Å². The Labute approximate surface area is 229 Å². The maximum atomic E-state index is 4.95. The van der Waals surface area contributed by atoms with Crippen molar-refractivity contribution in [2.24, 2.45) is 9.98 Å². The molecule has 1 aliphatic rings. The van der Waals surface area contributed by atoms with Crippen molar-refractivity contribution in [3.63, 3.8) is 0 Å². The van der Waals surface area contributed by atoms with Crippen LogP contribution in [0.15, 0.2) is 82.8 Å². The molecular formula is C33H32N2Pt. The van der Waals surface area contributed by atoms with Crippen LogP contribution in [0.2, 0.25) is 0 Å². The second kappa shape index (κ2) is 9.56. The van der Waals surface area contributed by atoms with E-state index >= 15 is 0 Å². The van der Waals surface area contributed by atoms with E-state index in [1.54, 1.807) is 0 Å². The van der Waals surface area contributed by atoms with Gasteiger partial charge < -0.3 is 0 Å². The van der Waals surface area contributed by atoms with Crippen LogP contribution in [-0.2, 0) is 37.3 Å². The first-order valence-corrected chi connectivity index (χ1v) is 12.3. The average molecular weight is 652 g/mol. The zero-order chi connectivity index (χ0) is 24.8. The fourth-order valence-corrected chi connectivity index (χ4v) is 4.72. The molecule has 0 atom stereocenters. The molecule has 0 N–H and O–H groups in total. The van der Waals surface area contributed by atoms with Gasteiger partial charge in [-0.15, -0.1) is 22.4 Å². The first kappa shape index (κ1) is 26.2. The molecule has 36 heavy (non-hydrogen) atoms. The minimum atomic E-state index is -0.340. The summed E-state index contributed by atoms with van der Waals surface area (Å²) in [7, 11) is 0. The molecule has 4 aromatic carbocycles. The predicted octanol–water partition coefficient (Wildman–Crippen LogP) is 8.44. The Morgan fingerprint density at radius 1 is 0.583 bits per heavy atom. The van der Waals surface area contributed by atoms with E-state index in [0.717, 1.165) is 33.6 Å². The third-order valence-electron chi connectivity index (χ3n) is 7.20. The van der Waals surface area contributed by atoms with E-state index in [0.29, 0.717) is 0 Å². The summed E-state index contributed by atoms with van der Waals surface area (Å²) >= 11 is 0. The van der Waals surface area contributed by atoms with Gasteiger partial charge in [-0.3, -0.25) is 9.98 Å². The molecule has 0 amide bonds. The number of hydrogen-bond acceptors (Lipinski definition) is 2. The van der Waals surface area contributed by atoms with Gasteiger partial charge in [0, 0.05) is 23.3 Å². The van der Waals surface area contributed by atoms with Crippen molar-refractivity contribution in [2.45, 2.75) is 57.8 Å². The normalized spacial score (nSPS) is 17.4. The van der Waals surface area contributed by atoms with Gasteiger partial charge in [0.1, 0.15) is 0 Å². The van der Waals surface area contributed by atoms with Crippen LogP contribution in [0, 0.1) is 12.1 Å². The van der Waals surface area contributed by atoms with Gasteiger partial charge in [-0.05, 0) is 17.5 Å². The molecule has 184 valence electrons. The Bertz CT molecular complexity index is 1470. The van der Waals surface area contributed by atoms with E-state index < -0.39 is 0 Å². The number of nitrogens with zero attached hydrogens (tertiary/aromatic N) is 2. The molecule has 4 aromatic rings. The van der Waals surface area contributed by atoms with Gasteiger partial charge in [0.15, 0.2) is 0 Å². The Hall–Kier alpha value is -2.83. The summed E-state index contributed by atoms with van der Waals surface area (Å²) in [6, 6.07) is 33.0. The van der Waals surface area contributed by atoms with Gasteiger partial charge in [0.25, 0.3) is 0 Å². The molecule has 3 heteroatoms. The number of rotatable bonds is 0. The zero-order valence-corrected chi connectivity index (χ0v) is 24.1. The monoisotopic (exact) mass is 651 g/mol. The Morgan fingerprint density at radius 3 is 1.86 bits per heavy atom. The fourth-order valence-electron chi connectivity index (χ4n) is 4.72. The minimum Gasteiger partial charge on any atom is -0.258 e. The Morgan fingerprint density at radius 2 is 1.17 bits per heavy atom. The van der Waals surface area contributed by atoms with Crippen molar-refractivity contribution >= 4 is 34.6 Å². The zero-order valence-electron chi connectivity index (χ0n) is 21.8. The second-order valence-electron chi connectivity index (χ2n) is 11.2. The third-order valence-corrected chi connectivity index (χ3v) is 7.20. The molecule has 0 fully saturated rings. The van der Waals surface area contributed by atoms with Crippen molar-refractivity contribution in [1.82, 2.24) is 0 Å². The van der Waals surface area contributed by atoms with E-state index in [9.17, 15) is 0 Å². The molecule has 1 heterocycles. The molecule has 0 aromatic heterocycles. The maximum absolute atomic E-state index is 4.95. The van der Waals surface area contributed by atoms with E-state index in [1.165, 1.54) is 10.8 Å². The molecule has 0 aliphatic carbocycles. The minimum absolute atomic E-state index is 0. The van der Waals surface area contributed by atoms with Crippen LogP contribution < -0.4 is 0 Å². The van der Waals surface area contributed by atoms with E-state index in [4.69, 9.17) is 9.98 Å². The first-order valence-electron chi connectivity index (χ1n) is 12.3. The molecule has 0 saturated carbocycles. The number of fused-ring (bicyclic) bond motifs is 7. The van der Waals surface area contributed by atoms with Gasteiger partial charge in [0.05, 0.1) is 11.4 Å². The molecule has 0 saturated heterocycles. The summed E-state index contributed by atoms with van der Waals surface area (Å²) < 4.78 is 0. The van der Waals surface area contributed by atoms with Crippen molar-refractivity contribution in [1.29, 1.82) is 0 Å². The second-order valence-corrected chi connectivity index (χ2v) is 11.2. The molecule has 0 radical (unpaired) electrons. The summed E-state index contributed by atoms with van der Waals surface area (Å²) in [6.07, 6.45) is 4.07. The molecule has 0 spiro atoms. The largest absolute Gasteiger partial charge is 2.00 e. The van der Waals surface area contributed by atoms with Crippen LogP contribution in [0.1, 0.15) is 63.8 Å². The SMILES string of the molecule is CC1(C)C=Nc2ccccc2N=CC(C)(C)c2[c-]c(cc3ccccc23)C(C)(C)c2[c-]c1ccc2.[Pt+2]. The summed E-state index contributed by atoms with van der Waals surface area (Å²) in [4.78, 5) is 9.85. The smallest absolute Gasteiger partial charge is 0.258 e. The van der Waals surface area contributed by atoms with Crippen LogP contribution in [0.4, 0.5) is 11.4 Å². The molecular weight excluding hydrogens is 619 g/mol. The van der Waals surface area contributed by atoms with Gasteiger partial charge >= 0.3 is 21.1 Å². The third kappa shape index (κ3) is 4.76. The van der Waals surface area contributed by atoms with Crippen LogP contribution in [-0.4, -0.2) is 12.4 Å². The summed E-state index contributed by atoms with van der Waals surface area (Å²) in [5.74, 6) is 0. The van der Waals surface area contributed by atoms with Crippen LogP contribution in [0.25, 0.3) is 10.8 Å². The summed E-state index contributed by atoms with van der Waals surface area (Å²) in [5.41, 5.74) is 5.38. The van der Waals surface area contributed by atoms with Gasteiger partial charge in [-0.1, -0.05) is 71.9 Å². The van der Waals surface area contributed by atoms with Crippen molar-refractivity contribution in [3.05, 3.63) is 107 Å². The summed E-state index contributed by atoms with van der Waals surface area (Å²) in [6.45, 7) is 13.3. The average Bonchev–Trinajstić information content (AvgIpc) is 2.85. The molecule has 0 unspecified atom stereocenters. The van der Waals surface area contributed by atoms with Crippen molar-refractivity contribution in [2.75, 3.05) is 0 Å². The van der Waals surface area contributed by atoms with Gasteiger partial charge in [-0.25, -0.2) is 0 Å². The molecule has 5 rings (SSSR count).